The molecule has 0 aliphatic heterocycles. The van der Waals surface area contributed by atoms with Crippen molar-refractivity contribution in [2.24, 2.45) is 0 Å². The van der Waals surface area contributed by atoms with E-state index in [2.05, 4.69) is 22.0 Å². The van der Waals surface area contributed by atoms with Crippen LogP contribution >= 0.6 is 0 Å². The van der Waals surface area contributed by atoms with Gasteiger partial charge in [-0.1, -0.05) is 35.9 Å². The molecule has 0 saturated heterocycles. The molecule has 0 bridgehead atoms. The van der Waals surface area contributed by atoms with E-state index in [1.165, 1.54) is 0 Å². The Kier molecular flexibility index (Phi) is 5.84. The van der Waals surface area contributed by atoms with Crippen molar-refractivity contribution in [1.29, 1.82) is 0 Å². The molecule has 4 heteroatoms. The van der Waals surface area contributed by atoms with Gasteiger partial charge in [0.05, 0.1) is 17.7 Å². The van der Waals surface area contributed by atoms with E-state index in [1.54, 1.807) is 12.1 Å². The first-order valence-electron chi connectivity index (χ1n) is 8.94. The van der Waals surface area contributed by atoms with Crippen molar-refractivity contribution in [2.75, 3.05) is 25.1 Å². The number of pyridine rings is 1. The number of rotatable bonds is 7. The average molecular weight is 348 g/mol. The zero-order valence-electron chi connectivity index (χ0n) is 15.3. The molecular formula is C22H24N2O2. The number of benzene rings is 2. The molecule has 0 unspecified atom stereocenters. The van der Waals surface area contributed by atoms with Gasteiger partial charge in [0.1, 0.15) is 5.82 Å². The summed E-state index contributed by atoms with van der Waals surface area (Å²) in [5.41, 5.74) is 2.74. The standard InChI is InChI=1S/C22H24N2O2/c1-17-9-11-19(12-10-17)22(25)26-16-6-5-15-24(2)21-14-13-18-7-3-4-8-20(18)23-21/h3-4,7-14H,5-6,15-16H2,1-2H3. The van der Waals surface area contributed by atoms with E-state index in [0.29, 0.717) is 12.2 Å². The smallest absolute Gasteiger partial charge is 0.338 e. The minimum absolute atomic E-state index is 0.255. The summed E-state index contributed by atoms with van der Waals surface area (Å²) < 4.78 is 5.34. The summed E-state index contributed by atoms with van der Waals surface area (Å²) in [6.45, 7) is 3.30. The van der Waals surface area contributed by atoms with Crippen molar-refractivity contribution < 1.29 is 9.53 Å². The second kappa shape index (κ2) is 8.48. The highest BCUT2D eigenvalue weighted by atomic mass is 16.5. The third-order valence-corrected chi connectivity index (χ3v) is 4.38. The van der Waals surface area contributed by atoms with Crippen molar-refractivity contribution in [2.45, 2.75) is 19.8 Å². The number of carbonyl (C=O) groups is 1. The van der Waals surface area contributed by atoms with E-state index in [0.717, 1.165) is 41.7 Å². The monoisotopic (exact) mass is 348 g/mol. The number of ether oxygens (including phenoxy) is 1. The highest BCUT2D eigenvalue weighted by Gasteiger charge is 2.07. The van der Waals surface area contributed by atoms with Gasteiger partial charge in [-0.25, -0.2) is 9.78 Å². The third kappa shape index (κ3) is 4.60. The number of unbranched alkanes of at least 4 members (excludes halogenated alkanes) is 1. The van der Waals surface area contributed by atoms with E-state index in [1.807, 2.05) is 50.4 Å². The number of carbonyl (C=O) groups excluding carboxylic acids is 1. The van der Waals surface area contributed by atoms with Gasteiger partial charge in [-0.2, -0.15) is 0 Å². The van der Waals surface area contributed by atoms with Gasteiger partial charge in [0.25, 0.3) is 0 Å². The Hall–Kier alpha value is -2.88. The normalized spacial score (nSPS) is 10.7. The van der Waals surface area contributed by atoms with E-state index in [4.69, 9.17) is 4.74 Å². The SMILES string of the molecule is Cc1ccc(C(=O)OCCCCN(C)c2ccc3ccccc3n2)cc1. The summed E-state index contributed by atoms with van der Waals surface area (Å²) in [7, 11) is 2.04. The van der Waals surface area contributed by atoms with Gasteiger partial charge in [0.15, 0.2) is 0 Å². The molecule has 0 fully saturated rings. The Balaban J connectivity index is 1.42. The summed E-state index contributed by atoms with van der Waals surface area (Å²) in [4.78, 5) is 18.8. The number of fused-ring (bicyclic) bond motifs is 1. The highest BCUT2D eigenvalue weighted by Crippen LogP contribution is 2.17. The molecule has 0 N–H and O–H groups in total. The predicted octanol–water partition coefficient (Wildman–Crippen LogP) is 4.62. The molecule has 26 heavy (non-hydrogen) atoms. The summed E-state index contributed by atoms with van der Waals surface area (Å²) in [5.74, 6) is 0.704. The first-order chi connectivity index (χ1) is 12.6. The van der Waals surface area contributed by atoms with Crippen LogP contribution in [0.3, 0.4) is 0 Å². The summed E-state index contributed by atoms with van der Waals surface area (Å²) in [6.07, 6.45) is 1.77. The zero-order chi connectivity index (χ0) is 18.4. The van der Waals surface area contributed by atoms with Gasteiger partial charge in [-0.3, -0.25) is 0 Å². The van der Waals surface area contributed by atoms with Crippen LogP contribution in [0.1, 0.15) is 28.8 Å². The Morgan fingerprint density at radius 1 is 1.00 bits per heavy atom. The third-order valence-electron chi connectivity index (χ3n) is 4.38. The molecule has 0 aliphatic rings. The van der Waals surface area contributed by atoms with Crippen LogP contribution in [0.4, 0.5) is 5.82 Å². The van der Waals surface area contributed by atoms with Crippen LogP contribution in [-0.2, 0) is 4.74 Å². The molecule has 0 radical (unpaired) electrons. The molecule has 0 atom stereocenters. The quantitative estimate of drug-likeness (QED) is 0.462. The minimum atomic E-state index is -0.255. The molecule has 1 heterocycles. The Morgan fingerprint density at radius 2 is 1.77 bits per heavy atom. The molecule has 0 saturated carbocycles. The number of para-hydroxylation sites is 1. The first-order valence-corrected chi connectivity index (χ1v) is 8.94. The van der Waals surface area contributed by atoms with Crippen molar-refractivity contribution in [3.05, 3.63) is 71.8 Å². The van der Waals surface area contributed by atoms with Crippen molar-refractivity contribution in [1.82, 2.24) is 4.98 Å². The van der Waals surface area contributed by atoms with Crippen molar-refractivity contribution >= 4 is 22.7 Å². The summed E-state index contributed by atoms with van der Waals surface area (Å²) in [6, 6.07) is 19.7. The van der Waals surface area contributed by atoms with Gasteiger partial charge in [0.2, 0.25) is 0 Å². The van der Waals surface area contributed by atoms with Crippen LogP contribution in [0.25, 0.3) is 10.9 Å². The molecule has 0 amide bonds. The van der Waals surface area contributed by atoms with Crippen LogP contribution in [0.2, 0.25) is 0 Å². The molecular weight excluding hydrogens is 324 g/mol. The van der Waals surface area contributed by atoms with Gasteiger partial charge in [-0.15, -0.1) is 0 Å². The van der Waals surface area contributed by atoms with Crippen LogP contribution in [-0.4, -0.2) is 31.2 Å². The molecule has 3 rings (SSSR count). The lowest BCUT2D eigenvalue weighted by Crippen LogP contribution is -2.20. The summed E-state index contributed by atoms with van der Waals surface area (Å²) >= 11 is 0. The molecule has 134 valence electrons. The largest absolute Gasteiger partial charge is 0.462 e. The average Bonchev–Trinajstić information content (AvgIpc) is 2.67. The maximum Gasteiger partial charge on any atom is 0.338 e. The van der Waals surface area contributed by atoms with E-state index < -0.39 is 0 Å². The topological polar surface area (TPSA) is 42.4 Å². The predicted molar refractivity (Wildman–Crippen MR) is 106 cm³/mol. The fraction of sp³-hybridized carbons (Fsp3) is 0.273. The van der Waals surface area contributed by atoms with Crippen molar-refractivity contribution in [3.63, 3.8) is 0 Å². The number of nitrogens with zero attached hydrogens (tertiary/aromatic N) is 2. The second-order valence-corrected chi connectivity index (χ2v) is 6.49. The van der Waals surface area contributed by atoms with Gasteiger partial charge in [-0.05, 0) is 50.1 Å². The second-order valence-electron chi connectivity index (χ2n) is 6.49. The Morgan fingerprint density at radius 3 is 2.58 bits per heavy atom. The maximum atomic E-state index is 12.0. The zero-order valence-corrected chi connectivity index (χ0v) is 15.3. The fourth-order valence-corrected chi connectivity index (χ4v) is 2.77. The van der Waals surface area contributed by atoms with E-state index in [9.17, 15) is 4.79 Å². The van der Waals surface area contributed by atoms with Gasteiger partial charge >= 0.3 is 5.97 Å². The Bertz CT molecular complexity index is 875. The molecule has 2 aromatic carbocycles. The lowest BCUT2D eigenvalue weighted by molar-refractivity contribution is 0.0499. The van der Waals surface area contributed by atoms with E-state index >= 15 is 0 Å². The number of aryl methyl sites for hydroxylation is 1. The van der Waals surface area contributed by atoms with Gasteiger partial charge < -0.3 is 9.64 Å². The number of hydrogen-bond donors (Lipinski definition) is 0. The molecule has 0 spiro atoms. The number of esters is 1. The highest BCUT2D eigenvalue weighted by molar-refractivity contribution is 5.89. The molecule has 1 aromatic heterocycles. The van der Waals surface area contributed by atoms with Crippen LogP contribution < -0.4 is 4.90 Å². The number of hydrogen-bond acceptors (Lipinski definition) is 4. The first kappa shape index (κ1) is 17.9. The molecule has 3 aromatic rings. The van der Waals surface area contributed by atoms with E-state index in [-0.39, 0.29) is 5.97 Å². The number of aromatic nitrogens is 1. The fourth-order valence-electron chi connectivity index (χ4n) is 2.77. The maximum absolute atomic E-state index is 12.0. The number of anilines is 1. The minimum Gasteiger partial charge on any atom is -0.462 e. The van der Waals surface area contributed by atoms with Crippen LogP contribution in [0.15, 0.2) is 60.7 Å². The molecule has 0 aliphatic carbocycles. The lowest BCUT2D eigenvalue weighted by Gasteiger charge is -2.18. The van der Waals surface area contributed by atoms with Crippen LogP contribution in [0.5, 0.6) is 0 Å². The Labute approximate surface area is 154 Å². The van der Waals surface area contributed by atoms with Gasteiger partial charge in [0, 0.05) is 19.0 Å². The van der Waals surface area contributed by atoms with Crippen molar-refractivity contribution in [3.8, 4) is 0 Å². The lowest BCUT2D eigenvalue weighted by atomic mass is 10.1. The summed E-state index contributed by atoms with van der Waals surface area (Å²) in [5, 5.41) is 1.15. The van der Waals surface area contributed by atoms with Crippen LogP contribution in [0, 0.1) is 6.92 Å². The molecule has 4 nitrogen and oxygen atoms in total.